The van der Waals surface area contributed by atoms with Crippen molar-refractivity contribution >= 4 is 34.8 Å². The molecule has 2 aromatic carbocycles. The predicted molar refractivity (Wildman–Crippen MR) is 97.2 cm³/mol. The lowest BCUT2D eigenvalue weighted by molar-refractivity contribution is -0.115. The quantitative estimate of drug-likeness (QED) is 0.749. The van der Waals surface area contributed by atoms with E-state index in [1.807, 2.05) is 31.2 Å². The molecule has 3 N–H and O–H groups in total. The minimum atomic E-state index is -0.152. The van der Waals surface area contributed by atoms with Crippen molar-refractivity contribution in [3.8, 4) is 0 Å². The number of amides is 2. The normalized spacial score (nSPS) is 11.6. The number of halogens is 1. The minimum absolute atomic E-state index is 0.0356. The highest BCUT2D eigenvalue weighted by Gasteiger charge is 2.10. The van der Waals surface area contributed by atoms with Crippen LogP contribution in [0.3, 0.4) is 0 Å². The molecule has 0 fully saturated rings. The lowest BCUT2D eigenvalue weighted by Gasteiger charge is -2.15. The third-order valence-corrected chi connectivity index (χ3v) is 3.77. The molecular formula is C18H20ClN3O2. The third kappa shape index (κ3) is 5.37. The zero-order valence-corrected chi connectivity index (χ0v) is 14.4. The molecule has 5 nitrogen and oxygen atoms in total. The van der Waals surface area contributed by atoms with Gasteiger partial charge in [0, 0.05) is 29.4 Å². The standard InChI is InChI=1S/C18H20ClN3O2/c1-12(16-5-3-4-6-17(16)19)20-11-18(24)22-15-9-7-14(8-10-15)21-13(2)23/h3-10,12,20H,11H2,1-2H3,(H,21,23)(H,22,24)/t12-/m1/s1. The van der Waals surface area contributed by atoms with Gasteiger partial charge in [0.05, 0.1) is 6.54 Å². The van der Waals surface area contributed by atoms with Crippen LogP contribution in [0, 0.1) is 0 Å². The van der Waals surface area contributed by atoms with Gasteiger partial charge in [-0.2, -0.15) is 0 Å². The first-order chi connectivity index (χ1) is 11.5. The summed E-state index contributed by atoms with van der Waals surface area (Å²) in [6, 6.07) is 14.4. The molecule has 1 atom stereocenters. The van der Waals surface area contributed by atoms with Gasteiger partial charge in [0.15, 0.2) is 0 Å². The molecule has 0 unspecified atom stereocenters. The van der Waals surface area contributed by atoms with E-state index in [0.29, 0.717) is 16.4 Å². The summed E-state index contributed by atoms with van der Waals surface area (Å²) in [5.74, 6) is -0.286. The van der Waals surface area contributed by atoms with Gasteiger partial charge in [-0.15, -0.1) is 0 Å². The van der Waals surface area contributed by atoms with E-state index in [1.165, 1.54) is 6.92 Å². The van der Waals surface area contributed by atoms with Gasteiger partial charge >= 0.3 is 0 Å². The Labute approximate surface area is 146 Å². The maximum Gasteiger partial charge on any atom is 0.238 e. The zero-order chi connectivity index (χ0) is 17.5. The van der Waals surface area contributed by atoms with Gasteiger partial charge in [-0.3, -0.25) is 9.59 Å². The maximum absolute atomic E-state index is 12.0. The Morgan fingerprint density at radius 3 is 2.17 bits per heavy atom. The fourth-order valence-electron chi connectivity index (χ4n) is 2.23. The van der Waals surface area contributed by atoms with Crippen molar-refractivity contribution in [2.45, 2.75) is 19.9 Å². The van der Waals surface area contributed by atoms with Gasteiger partial charge in [0.1, 0.15) is 0 Å². The van der Waals surface area contributed by atoms with Crippen LogP contribution in [0.5, 0.6) is 0 Å². The Morgan fingerprint density at radius 1 is 1.00 bits per heavy atom. The molecule has 0 saturated carbocycles. The fraction of sp³-hybridized carbons (Fsp3) is 0.222. The molecule has 0 spiro atoms. The first-order valence-corrected chi connectivity index (χ1v) is 7.99. The van der Waals surface area contributed by atoms with Crippen LogP contribution in [0.4, 0.5) is 11.4 Å². The lowest BCUT2D eigenvalue weighted by Crippen LogP contribution is -2.30. The molecule has 0 aliphatic carbocycles. The maximum atomic E-state index is 12.0. The summed E-state index contributed by atoms with van der Waals surface area (Å²) < 4.78 is 0. The molecule has 2 amide bonds. The second-order valence-corrected chi connectivity index (χ2v) is 5.84. The summed E-state index contributed by atoms with van der Waals surface area (Å²) in [6.45, 7) is 3.57. The average Bonchev–Trinajstić information content (AvgIpc) is 2.54. The SMILES string of the molecule is CC(=O)Nc1ccc(NC(=O)CN[C@H](C)c2ccccc2Cl)cc1. The van der Waals surface area contributed by atoms with Crippen LogP contribution in [0.1, 0.15) is 25.5 Å². The molecule has 2 rings (SSSR count). The van der Waals surface area contributed by atoms with Crippen molar-refractivity contribution in [3.63, 3.8) is 0 Å². The summed E-state index contributed by atoms with van der Waals surface area (Å²) in [7, 11) is 0. The predicted octanol–water partition coefficient (Wildman–Crippen LogP) is 3.59. The van der Waals surface area contributed by atoms with Crippen molar-refractivity contribution in [3.05, 3.63) is 59.1 Å². The summed E-state index contributed by atoms with van der Waals surface area (Å²) in [4.78, 5) is 23.0. The molecule has 0 aliphatic rings. The number of carbonyl (C=O) groups is 2. The molecule has 24 heavy (non-hydrogen) atoms. The molecule has 0 heterocycles. The highest BCUT2D eigenvalue weighted by Crippen LogP contribution is 2.21. The van der Waals surface area contributed by atoms with Crippen molar-refractivity contribution in [1.29, 1.82) is 0 Å². The van der Waals surface area contributed by atoms with E-state index < -0.39 is 0 Å². The molecule has 0 bridgehead atoms. The first kappa shape index (κ1) is 18.0. The Hall–Kier alpha value is -2.37. The summed E-state index contributed by atoms with van der Waals surface area (Å²) in [6.07, 6.45) is 0. The fourth-order valence-corrected chi connectivity index (χ4v) is 2.53. The topological polar surface area (TPSA) is 70.2 Å². The molecule has 0 aromatic heterocycles. The van der Waals surface area contributed by atoms with Crippen molar-refractivity contribution in [2.24, 2.45) is 0 Å². The minimum Gasteiger partial charge on any atom is -0.326 e. The second-order valence-electron chi connectivity index (χ2n) is 5.43. The van der Waals surface area contributed by atoms with Crippen molar-refractivity contribution in [1.82, 2.24) is 5.32 Å². The highest BCUT2D eigenvalue weighted by atomic mass is 35.5. The van der Waals surface area contributed by atoms with E-state index in [-0.39, 0.29) is 24.4 Å². The van der Waals surface area contributed by atoms with Gasteiger partial charge in [-0.1, -0.05) is 29.8 Å². The number of benzene rings is 2. The first-order valence-electron chi connectivity index (χ1n) is 7.61. The Balaban J connectivity index is 1.85. The summed E-state index contributed by atoms with van der Waals surface area (Å²) in [5.41, 5.74) is 2.30. The van der Waals surface area contributed by atoms with E-state index in [4.69, 9.17) is 11.6 Å². The number of carbonyl (C=O) groups excluding carboxylic acids is 2. The molecule has 0 aliphatic heterocycles. The Kier molecular flexibility index (Phi) is 6.35. The Morgan fingerprint density at radius 2 is 1.58 bits per heavy atom. The van der Waals surface area contributed by atoms with E-state index in [2.05, 4.69) is 16.0 Å². The van der Waals surface area contributed by atoms with Crippen LogP contribution >= 0.6 is 11.6 Å². The van der Waals surface area contributed by atoms with Crippen molar-refractivity contribution in [2.75, 3.05) is 17.2 Å². The van der Waals surface area contributed by atoms with Gasteiger partial charge in [-0.25, -0.2) is 0 Å². The average molecular weight is 346 g/mol. The summed E-state index contributed by atoms with van der Waals surface area (Å²) in [5, 5.41) is 9.29. The van der Waals surface area contributed by atoms with E-state index in [0.717, 1.165) is 5.56 Å². The molecule has 0 radical (unpaired) electrons. The van der Waals surface area contributed by atoms with Crippen LogP contribution in [0.15, 0.2) is 48.5 Å². The van der Waals surface area contributed by atoms with Crippen LogP contribution in [-0.2, 0) is 9.59 Å². The van der Waals surface area contributed by atoms with Gasteiger partial charge in [0.25, 0.3) is 0 Å². The largest absolute Gasteiger partial charge is 0.326 e. The number of nitrogens with one attached hydrogen (secondary N) is 3. The smallest absolute Gasteiger partial charge is 0.238 e. The second kappa shape index (κ2) is 8.47. The number of hydrogen-bond acceptors (Lipinski definition) is 3. The van der Waals surface area contributed by atoms with Crippen molar-refractivity contribution < 1.29 is 9.59 Å². The van der Waals surface area contributed by atoms with Gasteiger partial charge < -0.3 is 16.0 Å². The van der Waals surface area contributed by atoms with Crippen LogP contribution in [0.25, 0.3) is 0 Å². The number of anilines is 2. The van der Waals surface area contributed by atoms with Crippen LogP contribution in [-0.4, -0.2) is 18.4 Å². The van der Waals surface area contributed by atoms with E-state index >= 15 is 0 Å². The van der Waals surface area contributed by atoms with E-state index in [1.54, 1.807) is 24.3 Å². The highest BCUT2D eigenvalue weighted by molar-refractivity contribution is 6.31. The van der Waals surface area contributed by atoms with E-state index in [9.17, 15) is 9.59 Å². The zero-order valence-electron chi connectivity index (χ0n) is 13.6. The number of rotatable bonds is 6. The summed E-state index contributed by atoms with van der Waals surface area (Å²) >= 11 is 6.14. The molecule has 2 aromatic rings. The molecule has 126 valence electrons. The Bertz CT molecular complexity index is 716. The lowest BCUT2D eigenvalue weighted by atomic mass is 10.1. The van der Waals surface area contributed by atoms with Gasteiger partial charge in [-0.05, 0) is 42.8 Å². The molecule has 6 heteroatoms. The monoisotopic (exact) mass is 345 g/mol. The third-order valence-electron chi connectivity index (χ3n) is 3.43. The molecular weight excluding hydrogens is 326 g/mol. The van der Waals surface area contributed by atoms with Crippen LogP contribution < -0.4 is 16.0 Å². The molecule has 0 saturated heterocycles. The van der Waals surface area contributed by atoms with Crippen LogP contribution in [0.2, 0.25) is 5.02 Å². The number of hydrogen-bond donors (Lipinski definition) is 3. The van der Waals surface area contributed by atoms with Gasteiger partial charge in [0.2, 0.25) is 11.8 Å².